The Morgan fingerprint density at radius 1 is 1.27 bits per heavy atom. The van der Waals surface area contributed by atoms with Gasteiger partial charge in [-0.25, -0.2) is 8.42 Å². The van der Waals surface area contributed by atoms with Gasteiger partial charge < -0.3 is 5.32 Å². The van der Waals surface area contributed by atoms with Gasteiger partial charge in [-0.2, -0.15) is 0 Å². The number of sulfone groups is 1. The molecule has 0 saturated carbocycles. The van der Waals surface area contributed by atoms with E-state index in [0.29, 0.717) is 23.4 Å². The molecule has 0 fully saturated rings. The SMILES string of the molecule is CCc1cc(Nc2ccncc2)c(S(C)(=O)=O)cc1C(=O)Cl. The summed E-state index contributed by atoms with van der Waals surface area (Å²) < 4.78 is 24.0. The molecule has 2 rings (SSSR count). The van der Waals surface area contributed by atoms with Crippen LogP contribution in [0.25, 0.3) is 0 Å². The molecule has 7 heteroatoms. The molecule has 0 atom stereocenters. The molecule has 0 bridgehead atoms. The molecule has 22 heavy (non-hydrogen) atoms. The molecule has 2 aromatic rings. The Balaban J connectivity index is 2.63. The van der Waals surface area contributed by atoms with E-state index in [1.807, 2.05) is 6.92 Å². The summed E-state index contributed by atoms with van der Waals surface area (Å²) in [7, 11) is -3.52. The largest absolute Gasteiger partial charge is 0.354 e. The zero-order chi connectivity index (χ0) is 16.3. The topological polar surface area (TPSA) is 76.1 Å². The van der Waals surface area contributed by atoms with E-state index in [4.69, 9.17) is 11.6 Å². The van der Waals surface area contributed by atoms with Crippen LogP contribution in [0.5, 0.6) is 0 Å². The van der Waals surface area contributed by atoms with Crippen LogP contribution in [0.3, 0.4) is 0 Å². The number of anilines is 2. The van der Waals surface area contributed by atoms with Crippen molar-refractivity contribution in [2.75, 3.05) is 11.6 Å². The van der Waals surface area contributed by atoms with Crippen molar-refractivity contribution in [3.05, 3.63) is 47.8 Å². The minimum absolute atomic E-state index is 0.0329. The second-order valence-corrected chi connectivity index (χ2v) is 7.09. The van der Waals surface area contributed by atoms with Gasteiger partial charge in [-0.3, -0.25) is 9.78 Å². The summed E-state index contributed by atoms with van der Waals surface area (Å²) >= 11 is 5.56. The molecular formula is C15H15ClN2O3S. The van der Waals surface area contributed by atoms with Gasteiger partial charge in [0.1, 0.15) is 0 Å². The quantitative estimate of drug-likeness (QED) is 0.847. The van der Waals surface area contributed by atoms with Crippen molar-refractivity contribution in [3.63, 3.8) is 0 Å². The Kier molecular flexibility index (Phi) is 4.83. The van der Waals surface area contributed by atoms with Crippen LogP contribution in [0.2, 0.25) is 0 Å². The average Bonchev–Trinajstić information content (AvgIpc) is 2.46. The summed E-state index contributed by atoms with van der Waals surface area (Å²) in [5.74, 6) is 0. The predicted octanol–water partition coefficient (Wildman–Crippen LogP) is 3.17. The molecule has 0 saturated heterocycles. The molecule has 0 amide bonds. The van der Waals surface area contributed by atoms with Crippen LogP contribution < -0.4 is 5.32 Å². The van der Waals surface area contributed by atoms with E-state index >= 15 is 0 Å². The highest BCUT2D eigenvalue weighted by molar-refractivity contribution is 7.90. The van der Waals surface area contributed by atoms with Crippen LogP contribution in [0.1, 0.15) is 22.8 Å². The van der Waals surface area contributed by atoms with E-state index in [2.05, 4.69) is 10.3 Å². The predicted molar refractivity (Wildman–Crippen MR) is 86.6 cm³/mol. The molecular weight excluding hydrogens is 324 g/mol. The fraction of sp³-hybridized carbons (Fsp3) is 0.200. The molecule has 116 valence electrons. The number of pyridine rings is 1. The molecule has 0 aliphatic carbocycles. The summed E-state index contributed by atoms with van der Waals surface area (Å²) in [5, 5.41) is 2.38. The maximum Gasteiger partial charge on any atom is 0.252 e. The smallest absolute Gasteiger partial charge is 0.252 e. The number of halogens is 1. The fourth-order valence-electron chi connectivity index (χ4n) is 2.10. The number of hydrogen-bond acceptors (Lipinski definition) is 5. The van der Waals surface area contributed by atoms with Crippen molar-refractivity contribution in [1.29, 1.82) is 0 Å². The third kappa shape index (κ3) is 3.64. The first-order valence-electron chi connectivity index (χ1n) is 6.56. The molecule has 1 N–H and O–H groups in total. The third-order valence-electron chi connectivity index (χ3n) is 3.16. The summed E-state index contributed by atoms with van der Waals surface area (Å²) in [6.45, 7) is 1.87. The highest BCUT2D eigenvalue weighted by Crippen LogP contribution is 2.29. The van der Waals surface area contributed by atoms with Crippen molar-refractivity contribution >= 4 is 38.1 Å². The van der Waals surface area contributed by atoms with Crippen molar-refractivity contribution < 1.29 is 13.2 Å². The Morgan fingerprint density at radius 2 is 1.91 bits per heavy atom. The normalized spacial score (nSPS) is 11.2. The van der Waals surface area contributed by atoms with Gasteiger partial charge in [-0.1, -0.05) is 6.92 Å². The minimum atomic E-state index is -3.52. The van der Waals surface area contributed by atoms with E-state index in [1.54, 1.807) is 30.6 Å². The fourth-order valence-corrected chi connectivity index (χ4v) is 3.11. The number of rotatable bonds is 5. The van der Waals surface area contributed by atoms with Gasteiger partial charge >= 0.3 is 0 Å². The Bertz CT molecular complexity index is 805. The number of nitrogens with one attached hydrogen (secondary N) is 1. The van der Waals surface area contributed by atoms with Crippen molar-refractivity contribution in [2.24, 2.45) is 0 Å². The lowest BCUT2D eigenvalue weighted by Crippen LogP contribution is -2.07. The number of nitrogens with zero attached hydrogens (tertiary/aromatic N) is 1. The van der Waals surface area contributed by atoms with Gasteiger partial charge in [0.2, 0.25) is 0 Å². The number of aromatic nitrogens is 1. The molecule has 0 radical (unpaired) electrons. The number of carbonyl (C=O) groups is 1. The molecule has 0 aliphatic heterocycles. The Morgan fingerprint density at radius 3 is 2.41 bits per heavy atom. The van der Waals surface area contributed by atoms with Gasteiger partial charge in [0.05, 0.1) is 10.6 Å². The van der Waals surface area contributed by atoms with Gasteiger partial charge in [-0.05, 0) is 47.9 Å². The standard InChI is InChI=1S/C15H15ClN2O3S/c1-3-10-8-13(18-11-4-6-17-7-5-11)14(22(2,20)21)9-12(10)15(16)19/h4-9H,3H2,1-2H3,(H,17,18). The van der Waals surface area contributed by atoms with Crippen molar-refractivity contribution in [2.45, 2.75) is 18.2 Å². The van der Waals surface area contributed by atoms with Crippen LogP contribution in [-0.4, -0.2) is 24.9 Å². The first kappa shape index (κ1) is 16.5. The third-order valence-corrected chi connectivity index (χ3v) is 4.50. The van der Waals surface area contributed by atoms with Gasteiger partial charge in [-0.15, -0.1) is 0 Å². The lowest BCUT2D eigenvalue weighted by molar-refractivity contribution is 0.108. The lowest BCUT2D eigenvalue weighted by atomic mass is 10.0. The van der Waals surface area contributed by atoms with E-state index in [9.17, 15) is 13.2 Å². The molecule has 0 spiro atoms. The number of hydrogen-bond donors (Lipinski definition) is 1. The van der Waals surface area contributed by atoms with E-state index in [-0.39, 0.29) is 10.5 Å². The second-order valence-electron chi connectivity index (χ2n) is 4.77. The molecule has 0 unspecified atom stereocenters. The van der Waals surface area contributed by atoms with Crippen molar-refractivity contribution in [1.82, 2.24) is 4.98 Å². The van der Waals surface area contributed by atoms with E-state index in [1.165, 1.54) is 6.07 Å². The van der Waals surface area contributed by atoms with Crippen LogP contribution in [-0.2, 0) is 16.3 Å². The maximum absolute atomic E-state index is 12.0. The zero-order valence-electron chi connectivity index (χ0n) is 12.1. The van der Waals surface area contributed by atoms with Crippen LogP contribution in [0, 0.1) is 0 Å². The van der Waals surface area contributed by atoms with E-state index in [0.717, 1.165) is 6.26 Å². The summed E-state index contributed by atoms with van der Waals surface area (Å²) in [6.07, 6.45) is 4.84. The van der Waals surface area contributed by atoms with Crippen LogP contribution in [0.4, 0.5) is 11.4 Å². The summed E-state index contributed by atoms with van der Waals surface area (Å²) in [6, 6.07) is 6.41. The highest BCUT2D eigenvalue weighted by atomic mass is 35.5. The lowest BCUT2D eigenvalue weighted by Gasteiger charge is -2.14. The Hall–Kier alpha value is -1.92. The second kappa shape index (κ2) is 6.46. The number of aryl methyl sites for hydroxylation is 1. The average molecular weight is 339 g/mol. The summed E-state index contributed by atoms with van der Waals surface area (Å²) in [4.78, 5) is 15.5. The highest BCUT2D eigenvalue weighted by Gasteiger charge is 2.19. The number of carbonyl (C=O) groups excluding carboxylic acids is 1. The van der Waals surface area contributed by atoms with Gasteiger partial charge in [0.15, 0.2) is 9.84 Å². The zero-order valence-corrected chi connectivity index (χ0v) is 13.7. The molecule has 1 aromatic heterocycles. The van der Waals surface area contributed by atoms with Crippen LogP contribution in [0.15, 0.2) is 41.6 Å². The van der Waals surface area contributed by atoms with Crippen LogP contribution >= 0.6 is 11.6 Å². The Labute approximate surface area is 134 Å². The van der Waals surface area contributed by atoms with Gasteiger partial charge in [0.25, 0.3) is 5.24 Å². The number of benzene rings is 1. The maximum atomic E-state index is 12.0. The molecule has 1 aromatic carbocycles. The van der Waals surface area contributed by atoms with Crippen molar-refractivity contribution in [3.8, 4) is 0 Å². The van der Waals surface area contributed by atoms with Gasteiger partial charge in [0, 0.05) is 29.9 Å². The van der Waals surface area contributed by atoms with E-state index < -0.39 is 15.1 Å². The molecule has 0 aliphatic rings. The minimum Gasteiger partial charge on any atom is -0.354 e. The first-order valence-corrected chi connectivity index (χ1v) is 8.83. The molecule has 1 heterocycles. The summed E-state index contributed by atoms with van der Waals surface area (Å²) in [5.41, 5.74) is 2.01. The molecule has 5 nitrogen and oxygen atoms in total. The first-order chi connectivity index (χ1) is 10.3. The monoisotopic (exact) mass is 338 g/mol.